The smallest absolute Gasteiger partial charge is 0.0685 e. The highest BCUT2D eigenvalue weighted by Crippen LogP contribution is 2.46. The quantitative estimate of drug-likeness (QED) is 0.740. The van der Waals surface area contributed by atoms with Gasteiger partial charge in [0.2, 0.25) is 0 Å². The van der Waals surface area contributed by atoms with E-state index in [2.05, 4.69) is 19.2 Å². The van der Waals surface area contributed by atoms with Crippen molar-refractivity contribution in [1.82, 2.24) is 5.32 Å². The number of hydrogen-bond acceptors (Lipinski definition) is 3. The second-order valence-corrected chi connectivity index (χ2v) is 6.23. The monoisotopic (exact) mass is 255 g/mol. The van der Waals surface area contributed by atoms with E-state index in [0.717, 1.165) is 31.6 Å². The van der Waals surface area contributed by atoms with Crippen LogP contribution in [0.2, 0.25) is 0 Å². The van der Waals surface area contributed by atoms with Crippen molar-refractivity contribution in [1.29, 1.82) is 0 Å². The molecule has 0 amide bonds. The van der Waals surface area contributed by atoms with E-state index in [9.17, 15) is 0 Å². The third kappa shape index (κ3) is 3.25. The van der Waals surface area contributed by atoms with Crippen LogP contribution >= 0.6 is 0 Å². The Labute approximate surface area is 112 Å². The van der Waals surface area contributed by atoms with Gasteiger partial charge in [-0.2, -0.15) is 0 Å². The second-order valence-electron chi connectivity index (χ2n) is 6.23. The van der Waals surface area contributed by atoms with Crippen LogP contribution in [0.4, 0.5) is 0 Å². The summed E-state index contributed by atoms with van der Waals surface area (Å²) < 4.78 is 11.1. The van der Waals surface area contributed by atoms with E-state index < -0.39 is 0 Å². The van der Waals surface area contributed by atoms with Gasteiger partial charge < -0.3 is 14.8 Å². The van der Waals surface area contributed by atoms with Gasteiger partial charge in [-0.3, -0.25) is 0 Å². The highest BCUT2D eigenvalue weighted by molar-refractivity contribution is 4.95. The average Bonchev–Trinajstić information content (AvgIpc) is 2.36. The van der Waals surface area contributed by atoms with E-state index in [4.69, 9.17) is 9.47 Å². The van der Waals surface area contributed by atoms with E-state index in [1.54, 1.807) is 7.11 Å². The Morgan fingerprint density at radius 2 is 2.17 bits per heavy atom. The molecule has 3 nitrogen and oxygen atoms in total. The minimum atomic E-state index is 0.281. The molecule has 0 aromatic heterocycles. The minimum Gasteiger partial charge on any atom is -0.383 e. The molecular weight excluding hydrogens is 226 g/mol. The topological polar surface area (TPSA) is 30.5 Å². The Hall–Kier alpha value is -0.120. The predicted molar refractivity (Wildman–Crippen MR) is 73.8 cm³/mol. The molecule has 1 heterocycles. The van der Waals surface area contributed by atoms with Crippen LogP contribution in [0.5, 0.6) is 0 Å². The van der Waals surface area contributed by atoms with Crippen LogP contribution in [0.25, 0.3) is 0 Å². The van der Waals surface area contributed by atoms with Crippen molar-refractivity contribution in [3.63, 3.8) is 0 Å². The standard InChI is InChI=1S/C15H29NO2/c1-12(13(2)16-8-10-17-3)14-5-9-18-15(11-14)6-4-7-15/h12-14,16H,4-11H2,1-3H3. The van der Waals surface area contributed by atoms with Gasteiger partial charge in [0.15, 0.2) is 0 Å². The predicted octanol–water partition coefficient (Wildman–Crippen LogP) is 2.60. The lowest BCUT2D eigenvalue weighted by Crippen LogP contribution is -2.49. The minimum absolute atomic E-state index is 0.281. The maximum Gasteiger partial charge on any atom is 0.0685 e. The molecule has 3 unspecified atom stereocenters. The molecule has 3 heteroatoms. The van der Waals surface area contributed by atoms with E-state index in [0.29, 0.717) is 6.04 Å². The zero-order chi connectivity index (χ0) is 13.0. The van der Waals surface area contributed by atoms with Gasteiger partial charge in [0.1, 0.15) is 0 Å². The summed E-state index contributed by atoms with van der Waals surface area (Å²) in [4.78, 5) is 0. The summed E-state index contributed by atoms with van der Waals surface area (Å²) in [6.45, 7) is 7.43. The zero-order valence-corrected chi connectivity index (χ0v) is 12.2. The third-order valence-electron chi connectivity index (χ3n) is 5.10. The van der Waals surface area contributed by atoms with Crippen molar-refractivity contribution in [3.8, 4) is 0 Å². The fourth-order valence-corrected chi connectivity index (χ4v) is 3.42. The molecule has 1 saturated carbocycles. The number of rotatable bonds is 6. The molecule has 18 heavy (non-hydrogen) atoms. The fraction of sp³-hybridized carbons (Fsp3) is 1.00. The normalized spacial score (nSPS) is 29.8. The van der Waals surface area contributed by atoms with Crippen molar-refractivity contribution < 1.29 is 9.47 Å². The Morgan fingerprint density at radius 1 is 1.39 bits per heavy atom. The highest BCUT2D eigenvalue weighted by Gasteiger charge is 2.44. The molecule has 1 spiro atoms. The van der Waals surface area contributed by atoms with Crippen LogP contribution in [0.3, 0.4) is 0 Å². The molecule has 106 valence electrons. The van der Waals surface area contributed by atoms with Gasteiger partial charge in [-0.1, -0.05) is 6.92 Å². The van der Waals surface area contributed by atoms with Crippen LogP contribution in [-0.2, 0) is 9.47 Å². The summed E-state index contributed by atoms with van der Waals surface area (Å²) in [6, 6.07) is 0.570. The van der Waals surface area contributed by atoms with Crippen molar-refractivity contribution in [2.24, 2.45) is 11.8 Å². The lowest BCUT2D eigenvalue weighted by Gasteiger charge is -2.49. The van der Waals surface area contributed by atoms with Gasteiger partial charge in [-0.05, 0) is 50.9 Å². The largest absolute Gasteiger partial charge is 0.383 e. The summed E-state index contributed by atoms with van der Waals surface area (Å²) in [6.07, 6.45) is 6.47. The molecule has 0 radical (unpaired) electrons. The summed E-state index contributed by atoms with van der Waals surface area (Å²) in [5.41, 5.74) is 0.281. The molecule has 2 aliphatic rings. The number of hydrogen-bond donors (Lipinski definition) is 1. The van der Waals surface area contributed by atoms with Crippen molar-refractivity contribution in [3.05, 3.63) is 0 Å². The van der Waals surface area contributed by atoms with Gasteiger partial charge in [0.05, 0.1) is 12.2 Å². The molecule has 1 aliphatic carbocycles. The molecule has 1 aliphatic heterocycles. The first-order valence-corrected chi connectivity index (χ1v) is 7.53. The van der Waals surface area contributed by atoms with Crippen LogP contribution in [0, 0.1) is 11.8 Å². The Kier molecular flexibility index (Phi) is 5.05. The summed E-state index contributed by atoms with van der Waals surface area (Å²) >= 11 is 0. The third-order valence-corrected chi connectivity index (χ3v) is 5.10. The Balaban J connectivity index is 1.78. The molecule has 2 fully saturated rings. The number of methoxy groups -OCH3 is 1. The van der Waals surface area contributed by atoms with Gasteiger partial charge in [0.25, 0.3) is 0 Å². The molecule has 1 N–H and O–H groups in total. The second kappa shape index (κ2) is 6.36. The summed E-state index contributed by atoms with van der Waals surface area (Å²) in [7, 11) is 1.76. The van der Waals surface area contributed by atoms with Crippen LogP contribution in [0.15, 0.2) is 0 Å². The first-order chi connectivity index (χ1) is 8.67. The van der Waals surface area contributed by atoms with E-state index in [-0.39, 0.29) is 5.60 Å². The number of ether oxygens (including phenoxy) is 2. The van der Waals surface area contributed by atoms with Gasteiger partial charge in [-0.25, -0.2) is 0 Å². The van der Waals surface area contributed by atoms with E-state index in [1.165, 1.54) is 32.1 Å². The van der Waals surface area contributed by atoms with Crippen molar-refractivity contribution in [2.45, 2.75) is 57.6 Å². The first-order valence-electron chi connectivity index (χ1n) is 7.53. The average molecular weight is 255 g/mol. The molecule has 0 bridgehead atoms. The fourth-order valence-electron chi connectivity index (χ4n) is 3.42. The van der Waals surface area contributed by atoms with E-state index in [1.807, 2.05) is 0 Å². The molecule has 3 atom stereocenters. The Bertz CT molecular complexity index is 253. The summed E-state index contributed by atoms with van der Waals surface area (Å²) in [5, 5.41) is 3.58. The van der Waals surface area contributed by atoms with Crippen LogP contribution in [0.1, 0.15) is 46.0 Å². The molecule has 2 rings (SSSR count). The summed E-state index contributed by atoms with van der Waals surface area (Å²) in [5.74, 6) is 1.55. The lowest BCUT2D eigenvalue weighted by atomic mass is 9.68. The maximum atomic E-state index is 6.02. The van der Waals surface area contributed by atoms with Crippen molar-refractivity contribution in [2.75, 3.05) is 26.9 Å². The first kappa shape index (κ1) is 14.3. The maximum absolute atomic E-state index is 6.02. The van der Waals surface area contributed by atoms with Gasteiger partial charge >= 0.3 is 0 Å². The lowest BCUT2D eigenvalue weighted by molar-refractivity contribution is -0.150. The van der Waals surface area contributed by atoms with Crippen molar-refractivity contribution >= 4 is 0 Å². The van der Waals surface area contributed by atoms with Crippen LogP contribution in [-0.4, -0.2) is 38.5 Å². The molecule has 0 aromatic rings. The van der Waals surface area contributed by atoms with Crippen LogP contribution < -0.4 is 5.32 Å². The van der Waals surface area contributed by atoms with Gasteiger partial charge in [-0.15, -0.1) is 0 Å². The molecular formula is C15H29NO2. The molecule has 1 saturated heterocycles. The van der Waals surface area contributed by atoms with E-state index >= 15 is 0 Å². The zero-order valence-electron chi connectivity index (χ0n) is 12.2. The molecule has 0 aromatic carbocycles. The SMILES string of the molecule is COCCNC(C)C(C)C1CCOC2(CCC2)C1. The Morgan fingerprint density at radius 3 is 2.78 bits per heavy atom. The highest BCUT2D eigenvalue weighted by atomic mass is 16.5. The van der Waals surface area contributed by atoms with Gasteiger partial charge in [0, 0.05) is 26.3 Å². The number of nitrogens with one attached hydrogen (secondary N) is 1.